The van der Waals surface area contributed by atoms with Crippen LogP contribution in [0.2, 0.25) is 0 Å². The Kier molecular flexibility index (Phi) is 7.92. The number of hydrogen-bond donors (Lipinski definition) is 0. The average molecular weight is 503 g/mol. The summed E-state index contributed by atoms with van der Waals surface area (Å²) in [7, 11) is 0. The van der Waals surface area contributed by atoms with E-state index in [1.54, 1.807) is 0 Å². The number of rotatable bonds is 8. The number of benzene rings is 3. The zero-order chi connectivity index (χ0) is 25.9. The molecule has 0 aliphatic carbocycles. The number of alkyl halides is 3. The molecule has 0 saturated heterocycles. The fourth-order valence-corrected chi connectivity index (χ4v) is 3.66. The molecule has 10 heteroatoms. The summed E-state index contributed by atoms with van der Waals surface area (Å²) in [4.78, 5) is 0. The highest BCUT2D eigenvalue weighted by molar-refractivity contribution is 5.72. The van der Waals surface area contributed by atoms with Gasteiger partial charge in [0.25, 0.3) is 0 Å². The van der Waals surface area contributed by atoms with Crippen LogP contribution in [0.25, 0.3) is 11.1 Å². The molecule has 35 heavy (non-hydrogen) atoms. The zero-order valence-electron chi connectivity index (χ0n) is 18.3. The van der Waals surface area contributed by atoms with Crippen LogP contribution >= 0.6 is 0 Å². The van der Waals surface area contributed by atoms with Crippen molar-refractivity contribution < 1.29 is 45.0 Å². The molecule has 3 rings (SSSR count). The molecule has 0 aliphatic heterocycles. The minimum Gasteiger partial charge on any atom is -0.399 e. The Morgan fingerprint density at radius 1 is 0.771 bits per heavy atom. The molecule has 1 radical (unpaired) electrons. The van der Waals surface area contributed by atoms with Crippen LogP contribution in [0.3, 0.4) is 0 Å². The monoisotopic (exact) mass is 503 g/mol. The van der Waals surface area contributed by atoms with Crippen LogP contribution < -0.4 is 4.74 Å². The molecular formula is C25H19F8O2. The molecule has 0 atom stereocenters. The maximum Gasteiger partial charge on any atom is 0.573 e. The molecule has 3 aromatic carbocycles. The minimum absolute atomic E-state index is 0.215. The fraction of sp³-hybridized carbons (Fsp3) is 0.280. The van der Waals surface area contributed by atoms with Crippen molar-refractivity contribution in [3.8, 4) is 22.6 Å². The smallest absolute Gasteiger partial charge is 0.399 e. The molecule has 0 saturated carbocycles. The molecule has 0 aliphatic rings. The van der Waals surface area contributed by atoms with Gasteiger partial charge in [-0.05, 0) is 55.0 Å². The fourth-order valence-electron chi connectivity index (χ4n) is 3.66. The van der Waals surface area contributed by atoms with Crippen molar-refractivity contribution in [3.63, 3.8) is 0 Å². The van der Waals surface area contributed by atoms with E-state index in [4.69, 9.17) is 0 Å². The molecule has 0 amide bonds. The molecule has 2 nitrogen and oxygen atoms in total. The minimum atomic E-state index is -5.32. The second-order valence-corrected chi connectivity index (χ2v) is 7.88. The highest BCUT2D eigenvalue weighted by atomic mass is 19.4. The second kappa shape index (κ2) is 10.5. The molecule has 0 unspecified atom stereocenters. The summed E-state index contributed by atoms with van der Waals surface area (Å²) in [5, 5.41) is 12.3. The lowest BCUT2D eigenvalue weighted by atomic mass is 9.95. The van der Waals surface area contributed by atoms with E-state index in [0.717, 1.165) is 12.8 Å². The maximum atomic E-state index is 15.2. The van der Waals surface area contributed by atoms with Gasteiger partial charge < -0.3 is 4.74 Å². The van der Waals surface area contributed by atoms with Crippen LogP contribution in [-0.4, -0.2) is 6.36 Å². The summed E-state index contributed by atoms with van der Waals surface area (Å²) in [6.07, 6.45) is -3.99. The molecule has 0 bridgehead atoms. The van der Waals surface area contributed by atoms with Crippen molar-refractivity contribution in [2.24, 2.45) is 0 Å². The van der Waals surface area contributed by atoms with Crippen LogP contribution in [0.15, 0.2) is 36.4 Å². The third kappa shape index (κ3) is 6.23. The summed E-state index contributed by atoms with van der Waals surface area (Å²) in [5.74, 6) is -9.48. The van der Waals surface area contributed by atoms with E-state index in [0.29, 0.717) is 30.2 Å². The van der Waals surface area contributed by atoms with Crippen LogP contribution in [0.5, 0.6) is 11.5 Å². The lowest BCUT2D eigenvalue weighted by Gasteiger charge is -2.14. The molecule has 0 heterocycles. The van der Waals surface area contributed by atoms with Gasteiger partial charge in [0.15, 0.2) is 17.4 Å². The number of hydrogen-bond acceptors (Lipinski definition) is 1. The topological polar surface area (TPSA) is 29.1 Å². The van der Waals surface area contributed by atoms with Crippen LogP contribution in [0.1, 0.15) is 36.5 Å². The highest BCUT2D eigenvalue weighted by Crippen LogP contribution is 2.38. The lowest BCUT2D eigenvalue weighted by molar-refractivity contribution is -0.276. The Morgan fingerprint density at radius 3 is 1.97 bits per heavy atom. The third-order valence-electron chi connectivity index (χ3n) is 5.34. The summed E-state index contributed by atoms with van der Waals surface area (Å²) in [6, 6.07) is 5.50. The largest absolute Gasteiger partial charge is 0.573 e. The van der Waals surface area contributed by atoms with Gasteiger partial charge >= 0.3 is 6.36 Å². The van der Waals surface area contributed by atoms with Crippen molar-refractivity contribution >= 4 is 0 Å². The maximum absolute atomic E-state index is 15.2. The first-order chi connectivity index (χ1) is 16.4. The summed E-state index contributed by atoms with van der Waals surface area (Å²) in [6.45, 7) is 1.96. The number of unbranched alkanes of at least 4 members (excludes halogenated alkanes) is 1. The Hall–Kier alpha value is -3.30. The van der Waals surface area contributed by atoms with E-state index < -0.39 is 70.9 Å². The van der Waals surface area contributed by atoms with E-state index in [1.165, 1.54) is 18.2 Å². The van der Waals surface area contributed by atoms with E-state index >= 15 is 4.39 Å². The Labute approximate surface area is 195 Å². The van der Waals surface area contributed by atoms with Crippen molar-refractivity contribution in [1.82, 2.24) is 0 Å². The summed E-state index contributed by atoms with van der Waals surface area (Å²) in [5.41, 5.74) is -1.25. The molecule has 187 valence electrons. The third-order valence-corrected chi connectivity index (χ3v) is 5.34. The lowest BCUT2D eigenvalue weighted by Crippen LogP contribution is -2.19. The number of ether oxygens (including phenoxy) is 1. The van der Waals surface area contributed by atoms with Gasteiger partial charge in [-0.15, -0.1) is 13.2 Å². The van der Waals surface area contributed by atoms with Crippen molar-refractivity contribution in [2.75, 3.05) is 0 Å². The van der Waals surface area contributed by atoms with Crippen LogP contribution in [0, 0.1) is 29.1 Å². The number of halogens is 8. The SMILES string of the molecule is CCCCc1ccc(-c2c([O])cc(F)c(CCc3cc(F)c(OC(F)(F)F)c(F)c3)c2F)c(F)c1. The number of aryl methyl sites for hydroxylation is 2. The van der Waals surface area contributed by atoms with Crippen molar-refractivity contribution in [2.45, 2.75) is 45.4 Å². The van der Waals surface area contributed by atoms with Gasteiger partial charge in [0.2, 0.25) is 5.75 Å². The molecule has 0 spiro atoms. The van der Waals surface area contributed by atoms with Crippen LogP contribution in [-0.2, 0) is 24.4 Å². The summed E-state index contributed by atoms with van der Waals surface area (Å²) < 4.78 is 112. The highest BCUT2D eigenvalue weighted by Gasteiger charge is 2.34. The molecule has 0 aromatic heterocycles. The Morgan fingerprint density at radius 2 is 1.40 bits per heavy atom. The van der Waals surface area contributed by atoms with Gasteiger partial charge in [0, 0.05) is 17.2 Å². The first-order valence-electron chi connectivity index (χ1n) is 10.6. The molecule has 0 fully saturated rings. The van der Waals surface area contributed by atoms with Crippen molar-refractivity contribution in [1.29, 1.82) is 0 Å². The first kappa shape index (κ1) is 26.3. The Balaban J connectivity index is 1.91. The predicted octanol–water partition coefficient (Wildman–Crippen LogP) is 8.22. The Bertz CT molecular complexity index is 1200. The van der Waals surface area contributed by atoms with E-state index in [1.807, 2.05) is 6.92 Å². The van der Waals surface area contributed by atoms with Gasteiger partial charge in [-0.2, -0.15) is 0 Å². The molecule has 3 aromatic rings. The first-order valence-corrected chi connectivity index (χ1v) is 10.6. The van der Waals surface area contributed by atoms with Gasteiger partial charge in [-0.1, -0.05) is 25.5 Å². The van der Waals surface area contributed by atoms with E-state index in [2.05, 4.69) is 4.74 Å². The molecular weight excluding hydrogens is 484 g/mol. The van der Waals surface area contributed by atoms with Gasteiger partial charge in [-0.3, -0.25) is 5.11 Å². The van der Waals surface area contributed by atoms with E-state index in [9.17, 15) is 35.8 Å². The van der Waals surface area contributed by atoms with Gasteiger partial charge in [0.05, 0.1) is 5.56 Å². The van der Waals surface area contributed by atoms with Crippen LogP contribution in [0.4, 0.5) is 35.1 Å². The second-order valence-electron chi connectivity index (χ2n) is 7.88. The van der Waals surface area contributed by atoms with Crippen molar-refractivity contribution in [3.05, 3.63) is 82.2 Å². The quantitative estimate of drug-likeness (QED) is 0.285. The predicted molar refractivity (Wildman–Crippen MR) is 111 cm³/mol. The van der Waals surface area contributed by atoms with Gasteiger partial charge in [0.1, 0.15) is 17.5 Å². The summed E-state index contributed by atoms with van der Waals surface area (Å²) >= 11 is 0. The zero-order valence-corrected chi connectivity index (χ0v) is 18.3. The standard InChI is InChI=1S/C25H19F8O2/c1-2-3-4-13-5-7-15(17(26)9-13)22-21(34)12-18(27)16(23(22)30)8-6-14-10-19(28)24(20(29)11-14)35-25(31,32)33/h5,7,9-12H,2-4,6,8H2,1H3. The normalized spacial score (nSPS) is 11.7. The van der Waals surface area contributed by atoms with Gasteiger partial charge in [-0.25, -0.2) is 22.0 Å². The van der Waals surface area contributed by atoms with E-state index in [-0.39, 0.29) is 11.1 Å². The average Bonchev–Trinajstić information content (AvgIpc) is 2.75. The molecule has 0 N–H and O–H groups in total.